The molecule has 0 bridgehead atoms. The van der Waals surface area contributed by atoms with Crippen LogP contribution in [0.5, 0.6) is 0 Å². The van der Waals surface area contributed by atoms with Crippen molar-refractivity contribution in [3.8, 4) is 10.6 Å². The van der Waals surface area contributed by atoms with E-state index < -0.39 is 11.4 Å². The highest BCUT2D eigenvalue weighted by Gasteiger charge is 2.28. The number of halogens is 1. The third-order valence-electron chi connectivity index (χ3n) is 3.83. The number of benzene rings is 1. The summed E-state index contributed by atoms with van der Waals surface area (Å²) in [6.07, 6.45) is 0.737. The second kappa shape index (κ2) is 8.92. The van der Waals surface area contributed by atoms with Crippen LogP contribution in [0.25, 0.3) is 10.6 Å². The Morgan fingerprint density at radius 2 is 1.84 bits per heavy atom. The highest BCUT2D eigenvalue weighted by atomic mass is 35.5. The van der Waals surface area contributed by atoms with Crippen LogP contribution < -0.4 is 10.6 Å². The topological polar surface area (TPSA) is 84.0 Å². The summed E-state index contributed by atoms with van der Waals surface area (Å²) in [5, 5.41) is 14.0. The van der Waals surface area contributed by atoms with Crippen molar-refractivity contribution in [3.63, 3.8) is 0 Å². The van der Waals surface area contributed by atoms with Crippen molar-refractivity contribution in [1.29, 1.82) is 0 Å². The minimum Gasteiger partial charge on any atom is -0.343 e. The fourth-order valence-corrected chi connectivity index (χ4v) is 2.94. The Balaban J connectivity index is 2.10. The predicted octanol–water partition coefficient (Wildman–Crippen LogP) is 3.30. The molecule has 2 aromatic rings. The zero-order chi connectivity index (χ0) is 18.4. The Kier molecular flexibility index (Phi) is 6.90. The van der Waals surface area contributed by atoms with Crippen molar-refractivity contribution >= 4 is 39.9 Å². The molecule has 2 rings (SSSR count). The van der Waals surface area contributed by atoms with E-state index in [0.29, 0.717) is 5.13 Å². The van der Waals surface area contributed by atoms with Gasteiger partial charge < -0.3 is 5.32 Å². The number of nitrogens with one attached hydrogen (secondary N) is 2. The number of nitrogens with zero attached hydrogens (tertiary/aromatic N) is 2. The van der Waals surface area contributed by atoms with Gasteiger partial charge in [0.15, 0.2) is 0 Å². The van der Waals surface area contributed by atoms with Crippen molar-refractivity contribution < 1.29 is 9.59 Å². The molecule has 0 aliphatic rings. The van der Waals surface area contributed by atoms with Crippen LogP contribution in [0, 0.1) is 5.92 Å². The molecule has 0 spiro atoms. The molecule has 0 saturated heterocycles. The average Bonchev–Trinajstić information content (AvgIpc) is 3.07. The van der Waals surface area contributed by atoms with Gasteiger partial charge in [0.25, 0.3) is 0 Å². The molecule has 25 heavy (non-hydrogen) atoms. The van der Waals surface area contributed by atoms with Crippen LogP contribution in [-0.2, 0) is 9.59 Å². The Morgan fingerprint density at radius 3 is 2.44 bits per heavy atom. The van der Waals surface area contributed by atoms with Gasteiger partial charge in [-0.15, -0.1) is 21.8 Å². The van der Waals surface area contributed by atoms with Gasteiger partial charge in [-0.25, -0.2) is 0 Å². The maximum absolute atomic E-state index is 12.6. The number of aromatic nitrogens is 2. The second-order valence-corrected chi connectivity index (χ2v) is 7.39. The Labute approximate surface area is 156 Å². The Bertz CT molecular complexity index is 720. The Morgan fingerprint density at radius 1 is 1.16 bits per heavy atom. The van der Waals surface area contributed by atoms with E-state index in [1.807, 2.05) is 44.2 Å². The first-order valence-corrected chi connectivity index (χ1v) is 9.31. The average molecular weight is 381 g/mol. The molecular formula is C17H21ClN4O2S. The summed E-state index contributed by atoms with van der Waals surface area (Å²) in [5.41, 5.74) is 0.934. The third-order valence-corrected chi connectivity index (χ3v) is 4.92. The lowest BCUT2D eigenvalue weighted by atomic mass is 9.98. The van der Waals surface area contributed by atoms with Crippen molar-refractivity contribution in [2.75, 3.05) is 5.32 Å². The second-order valence-electron chi connectivity index (χ2n) is 5.76. The fraction of sp³-hybridized carbons (Fsp3) is 0.412. The number of hydrogen-bond donors (Lipinski definition) is 2. The van der Waals surface area contributed by atoms with Gasteiger partial charge in [-0.3, -0.25) is 14.9 Å². The monoisotopic (exact) mass is 380 g/mol. The fourth-order valence-electron chi connectivity index (χ4n) is 2.12. The van der Waals surface area contributed by atoms with Gasteiger partial charge >= 0.3 is 0 Å². The van der Waals surface area contributed by atoms with Crippen LogP contribution in [-0.4, -0.2) is 33.4 Å². The van der Waals surface area contributed by atoms with Crippen LogP contribution >= 0.6 is 22.9 Å². The maximum Gasteiger partial charge on any atom is 0.249 e. The van der Waals surface area contributed by atoms with Gasteiger partial charge in [-0.1, -0.05) is 61.9 Å². The summed E-state index contributed by atoms with van der Waals surface area (Å²) in [6, 6.07) is 8.92. The van der Waals surface area contributed by atoms with Crippen LogP contribution in [0.1, 0.15) is 27.2 Å². The van der Waals surface area contributed by atoms with Gasteiger partial charge in [0.2, 0.25) is 16.9 Å². The largest absolute Gasteiger partial charge is 0.343 e. The number of rotatable bonds is 7. The highest BCUT2D eigenvalue weighted by molar-refractivity contribution is 7.18. The SMILES string of the molecule is CC[C@@H](C)[C@@H](NC(=O)[C@@H](C)Cl)C(=O)Nc1nnc(-c2ccccc2)s1. The minimum absolute atomic E-state index is 0.0409. The van der Waals surface area contributed by atoms with Crippen LogP contribution in [0.4, 0.5) is 5.13 Å². The summed E-state index contributed by atoms with van der Waals surface area (Å²) >= 11 is 7.08. The molecule has 0 fully saturated rings. The molecule has 2 N–H and O–H groups in total. The number of carbonyl (C=O) groups is 2. The molecule has 0 unspecified atom stereocenters. The van der Waals surface area contributed by atoms with Crippen molar-refractivity contribution in [1.82, 2.24) is 15.5 Å². The molecule has 2 amide bonds. The van der Waals surface area contributed by atoms with E-state index in [2.05, 4.69) is 20.8 Å². The minimum atomic E-state index is -0.703. The van der Waals surface area contributed by atoms with Crippen molar-refractivity contribution in [3.05, 3.63) is 30.3 Å². The van der Waals surface area contributed by atoms with Crippen molar-refractivity contribution in [2.24, 2.45) is 5.92 Å². The van der Waals surface area contributed by atoms with Gasteiger partial charge in [0.1, 0.15) is 16.4 Å². The quantitative estimate of drug-likeness (QED) is 0.722. The maximum atomic E-state index is 12.6. The first-order chi connectivity index (χ1) is 11.9. The molecule has 0 saturated carbocycles. The molecule has 3 atom stereocenters. The molecular weight excluding hydrogens is 360 g/mol. The summed E-state index contributed by atoms with van der Waals surface area (Å²) in [4.78, 5) is 24.5. The van der Waals surface area contributed by atoms with E-state index >= 15 is 0 Å². The van der Waals surface area contributed by atoms with Gasteiger partial charge in [0.05, 0.1) is 0 Å². The lowest BCUT2D eigenvalue weighted by Gasteiger charge is -2.23. The van der Waals surface area contributed by atoms with Gasteiger partial charge in [0, 0.05) is 5.56 Å². The lowest BCUT2D eigenvalue weighted by molar-refractivity contribution is -0.127. The zero-order valence-electron chi connectivity index (χ0n) is 14.3. The molecule has 134 valence electrons. The Hall–Kier alpha value is -1.99. The summed E-state index contributed by atoms with van der Waals surface area (Å²) in [6.45, 7) is 5.43. The molecule has 1 aromatic carbocycles. The number of anilines is 1. The van der Waals surface area contributed by atoms with E-state index in [9.17, 15) is 9.59 Å². The highest BCUT2D eigenvalue weighted by Crippen LogP contribution is 2.26. The normalized spacial score (nSPS) is 14.4. The van der Waals surface area contributed by atoms with Gasteiger partial charge in [-0.05, 0) is 12.8 Å². The number of amides is 2. The summed E-state index contributed by atoms with van der Waals surface area (Å²) in [7, 11) is 0. The zero-order valence-corrected chi connectivity index (χ0v) is 15.9. The van der Waals surface area contributed by atoms with Crippen LogP contribution in [0.3, 0.4) is 0 Å². The smallest absolute Gasteiger partial charge is 0.249 e. The first kappa shape index (κ1) is 19.3. The summed E-state index contributed by atoms with van der Waals surface area (Å²) < 4.78 is 0. The number of alkyl halides is 1. The standard InChI is InChI=1S/C17H21ClN4O2S/c1-4-10(2)13(19-14(23)11(3)18)15(24)20-17-22-21-16(25-17)12-8-6-5-7-9-12/h5-11,13H,4H2,1-3H3,(H,19,23)(H,20,22,24)/t10-,11-,13-/m1/s1. The molecule has 1 aromatic heterocycles. The van der Waals surface area contributed by atoms with E-state index in [1.54, 1.807) is 6.92 Å². The van der Waals surface area contributed by atoms with E-state index in [1.165, 1.54) is 11.3 Å². The summed E-state index contributed by atoms with van der Waals surface area (Å²) in [5.74, 6) is -0.735. The van der Waals surface area contributed by atoms with Gasteiger partial charge in [-0.2, -0.15) is 0 Å². The van der Waals surface area contributed by atoms with E-state index in [-0.39, 0.29) is 17.7 Å². The lowest BCUT2D eigenvalue weighted by Crippen LogP contribution is -2.49. The predicted molar refractivity (Wildman–Crippen MR) is 101 cm³/mol. The molecule has 0 radical (unpaired) electrons. The van der Waals surface area contributed by atoms with E-state index in [0.717, 1.165) is 17.0 Å². The van der Waals surface area contributed by atoms with Crippen molar-refractivity contribution in [2.45, 2.75) is 38.6 Å². The molecule has 6 nitrogen and oxygen atoms in total. The molecule has 1 heterocycles. The molecule has 8 heteroatoms. The molecule has 0 aliphatic heterocycles. The number of hydrogen-bond acceptors (Lipinski definition) is 5. The van der Waals surface area contributed by atoms with E-state index in [4.69, 9.17) is 11.6 Å². The molecule has 0 aliphatic carbocycles. The van der Waals surface area contributed by atoms with Crippen LogP contribution in [0.2, 0.25) is 0 Å². The number of carbonyl (C=O) groups excluding carboxylic acids is 2. The third kappa shape index (κ3) is 5.24. The van der Waals surface area contributed by atoms with Crippen LogP contribution in [0.15, 0.2) is 30.3 Å². The first-order valence-electron chi connectivity index (χ1n) is 8.06.